The third kappa shape index (κ3) is 4.79. The SMILES string of the molecule is CNc1ccncc1C(=O)N(CCCOC)CCOC. The number of pyridine rings is 1. The van der Waals surface area contributed by atoms with Crippen LogP contribution >= 0.6 is 0 Å². The molecule has 6 nitrogen and oxygen atoms in total. The molecule has 0 aromatic carbocycles. The van der Waals surface area contributed by atoms with Gasteiger partial charge < -0.3 is 19.7 Å². The van der Waals surface area contributed by atoms with Gasteiger partial charge in [-0.15, -0.1) is 0 Å². The molecule has 0 radical (unpaired) electrons. The van der Waals surface area contributed by atoms with Crippen molar-refractivity contribution in [3.05, 3.63) is 24.0 Å². The summed E-state index contributed by atoms with van der Waals surface area (Å²) in [6.07, 6.45) is 4.04. The Balaban J connectivity index is 2.79. The summed E-state index contributed by atoms with van der Waals surface area (Å²) in [6, 6.07) is 1.79. The lowest BCUT2D eigenvalue weighted by atomic mass is 10.2. The van der Waals surface area contributed by atoms with E-state index in [4.69, 9.17) is 9.47 Å². The summed E-state index contributed by atoms with van der Waals surface area (Å²) >= 11 is 0. The van der Waals surface area contributed by atoms with Crippen molar-refractivity contribution in [1.29, 1.82) is 0 Å². The molecule has 1 heterocycles. The second-order valence-corrected chi connectivity index (χ2v) is 4.30. The minimum atomic E-state index is -0.0457. The van der Waals surface area contributed by atoms with Crippen molar-refractivity contribution in [2.75, 3.05) is 52.9 Å². The van der Waals surface area contributed by atoms with Crippen molar-refractivity contribution >= 4 is 11.6 Å². The number of anilines is 1. The van der Waals surface area contributed by atoms with Crippen molar-refractivity contribution in [2.24, 2.45) is 0 Å². The quantitative estimate of drug-likeness (QED) is 0.690. The van der Waals surface area contributed by atoms with Gasteiger partial charge in [0, 0.05) is 59.0 Å². The van der Waals surface area contributed by atoms with Crippen LogP contribution in [0.2, 0.25) is 0 Å². The normalized spacial score (nSPS) is 10.3. The Morgan fingerprint density at radius 3 is 2.70 bits per heavy atom. The Hall–Kier alpha value is -1.66. The molecule has 0 saturated carbocycles. The van der Waals surface area contributed by atoms with Crippen LogP contribution in [-0.4, -0.2) is 63.4 Å². The molecule has 0 spiro atoms. The predicted octanol–water partition coefficient (Wildman–Crippen LogP) is 1.25. The van der Waals surface area contributed by atoms with Gasteiger partial charge in [0.05, 0.1) is 12.2 Å². The van der Waals surface area contributed by atoms with E-state index in [2.05, 4.69) is 10.3 Å². The zero-order chi connectivity index (χ0) is 14.8. The molecule has 112 valence electrons. The van der Waals surface area contributed by atoms with Gasteiger partial charge in [-0.3, -0.25) is 9.78 Å². The van der Waals surface area contributed by atoms with Gasteiger partial charge >= 0.3 is 0 Å². The minimum absolute atomic E-state index is 0.0457. The second kappa shape index (κ2) is 9.28. The van der Waals surface area contributed by atoms with Gasteiger partial charge in [-0.2, -0.15) is 0 Å². The number of hydrogen-bond donors (Lipinski definition) is 1. The largest absolute Gasteiger partial charge is 0.387 e. The maximum absolute atomic E-state index is 12.6. The van der Waals surface area contributed by atoms with Crippen molar-refractivity contribution in [3.8, 4) is 0 Å². The number of carbonyl (C=O) groups is 1. The van der Waals surface area contributed by atoms with Crippen LogP contribution in [0.4, 0.5) is 5.69 Å². The number of nitrogens with one attached hydrogen (secondary N) is 1. The molecule has 6 heteroatoms. The number of rotatable bonds is 9. The maximum atomic E-state index is 12.6. The number of hydrogen-bond acceptors (Lipinski definition) is 5. The first-order valence-corrected chi connectivity index (χ1v) is 6.63. The Labute approximate surface area is 120 Å². The summed E-state index contributed by atoms with van der Waals surface area (Å²) in [5, 5.41) is 3.01. The molecule has 0 aliphatic rings. The van der Waals surface area contributed by atoms with E-state index in [-0.39, 0.29) is 5.91 Å². The maximum Gasteiger partial charge on any atom is 0.257 e. The summed E-state index contributed by atoms with van der Waals surface area (Å²) in [5.41, 5.74) is 1.35. The van der Waals surface area contributed by atoms with Crippen LogP contribution in [-0.2, 0) is 9.47 Å². The van der Waals surface area contributed by atoms with Gasteiger partial charge in [-0.05, 0) is 12.5 Å². The fraction of sp³-hybridized carbons (Fsp3) is 0.571. The molecule has 0 aliphatic carbocycles. The number of aromatic nitrogens is 1. The summed E-state index contributed by atoms with van der Waals surface area (Å²) in [4.78, 5) is 18.4. The van der Waals surface area contributed by atoms with Crippen molar-refractivity contribution in [1.82, 2.24) is 9.88 Å². The first kappa shape index (κ1) is 16.4. The lowest BCUT2D eigenvalue weighted by Crippen LogP contribution is -2.35. The van der Waals surface area contributed by atoms with E-state index in [1.165, 1.54) is 0 Å². The van der Waals surface area contributed by atoms with Crippen LogP contribution in [0.1, 0.15) is 16.8 Å². The molecular formula is C14H23N3O3. The first-order valence-electron chi connectivity index (χ1n) is 6.63. The Kier molecular flexibility index (Phi) is 7.60. The molecule has 0 saturated heterocycles. The van der Waals surface area contributed by atoms with Crippen molar-refractivity contribution in [3.63, 3.8) is 0 Å². The van der Waals surface area contributed by atoms with Crippen LogP contribution in [0.25, 0.3) is 0 Å². The highest BCUT2D eigenvalue weighted by Crippen LogP contribution is 2.15. The number of nitrogens with zero attached hydrogens (tertiary/aromatic N) is 2. The summed E-state index contributed by atoms with van der Waals surface area (Å²) in [5.74, 6) is -0.0457. The zero-order valence-electron chi connectivity index (χ0n) is 12.4. The molecule has 0 aliphatic heterocycles. The smallest absolute Gasteiger partial charge is 0.257 e. The Morgan fingerprint density at radius 1 is 1.30 bits per heavy atom. The lowest BCUT2D eigenvalue weighted by Gasteiger charge is -2.23. The van der Waals surface area contributed by atoms with E-state index >= 15 is 0 Å². The number of amides is 1. The van der Waals surface area contributed by atoms with Crippen LogP contribution < -0.4 is 5.32 Å². The highest BCUT2D eigenvalue weighted by molar-refractivity contribution is 5.99. The molecule has 0 atom stereocenters. The monoisotopic (exact) mass is 281 g/mol. The second-order valence-electron chi connectivity index (χ2n) is 4.30. The average Bonchev–Trinajstić information content (AvgIpc) is 2.50. The van der Waals surface area contributed by atoms with Crippen LogP contribution in [0.15, 0.2) is 18.5 Å². The summed E-state index contributed by atoms with van der Waals surface area (Å²) < 4.78 is 10.1. The summed E-state index contributed by atoms with van der Waals surface area (Å²) in [6.45, 7) is 2.32. The van der Waals surface area contributed by atoms with Crippen LogP contribution in [0.5, 0.6) is 0 Å². The van der Waals surface area contributed by atoms with E-state index in [0.29, 0.717) is 31.9 Å². The molecule has 1 N–H and O–H groups in total. The van der Waals surface area contributed by atoms with Crippen LogP contribution in [0, 0.1) is 0 Å². The third-order valence-corrected chi connectivity index (χ3v) is 2.95. The Morgan fingerprint density at radius 2 is 2.05 bits per heavy atom. The van der Waals surface area contributed by atoms with Crippen molar-refractivity contribution in [2.45, 2.75) is 6.42 Å². The van der Waals surface area contributed by atoms with E-state index in [0.717, 1.165) is 12.1 Å². The zero-order valence-corrected chi connectivity index (χ0v) is 12.4. The van der Waals surface area contributed by atoms with E-state index in [9.17, 15) is 4.79 Å². The van der Waals surface area contributed by atoms with E-state index in [1.54, 1.807) is 44.6 Å². The fourth-order valence-corrected chi connectivity index (χ4v) is 1.87. The van der Waals surface area contributed by atoms with Gasteiger partial charge in [0.2, 0.25) is 0 Å². The molecule has 20 heavy (non-hydrogen) atoms. The number of ether oxygens (including phenoxy) is 2. The standard InChI is InChI=1S/C14H23N3O3/c1-15-13-5-6-16-11-12(13)14(18)17(8-10-20-3)7-4-9-19-2/h5-6,11H,4,7-10H2,1-3H3,(H,15,16). The third-order valence-electron chi connectivity index (χ3n) is 2.95. The number of carbonyl (C=O) groups excluding carboxylic acids is 1. The molecule has 1 rings (SSSR count). The average molecular weight is 281 g/mol. The minimum Gasteiger partial charge on any atom is -0.387 e. The molecule has 0 bridgehead atoms. The first-order chi connectivity index (χ1) is 9.74. The topological polar surface area (TPSA) is 63.7 Å². The van der Waals surface area contributed by atoms with Gasteiger partial charge in [0.1, 0.15) is 0 Å². The molecule has 0 unspecified atom stereocenters. The lowest BCUT2D eigenvalue weighted by molar-refractivity contribution is 0.0674. The molecule has 1 aromatic rings. The highest BCUT2D eigenvalue weighted by Gasteiger charge is 2.18. The van der Waals surface area contributed by atoms with Gasteiger partial charge in [-0.1, -0.05) is 0 Å². The molecule has 1 amide bonds. The number of methoxy groups -OCH3 is 2. The van der Waals surface area contributed by atoms with Crippen molar-refractivity contribution < 1.29 is 14.3 Å². The summed E-state index contributed by atoms with van der Waals surface area (Å²) in [7, 11) is 5.07. The highest BCUT2D eigenvalue weighted by atomic mass is 16.5. The van der Waals surface area contributed by atoms with Gasteiger partial charge in [0.25, 0.3) is 5.91 Å². The molecule has 1 aromatic heterocycles. The van der Waals surface area contributed by atoms with Gasteiger partial charge in [-0.25, -0.2) is 0 Å². The molecule has 0 fully saturated rings. The molecular weight excluding hydrogens is 258 g/mol. The predicted molar refractivity (Wildman–Crippen MR) is 78.1 cm³/mol. The van der Waals surface area contributed by atoms with Gasteiger partial charge in [0.15, 0.2) is 0 Å². The fourth-order valence-electron chi connectivity index (χ4n) is 1.87. The van der Waals surface area contributed by atoms with E-state index < -0.39 is 0 Å². The Bertz CT molecular complexity index is 412. The van der Waals surface area contributed by atoms with Crippen LogP contribution in [0.3, 0.4) is 0 Å². The van der Waals surface area contributed by atoms with E-state index in [1.807, 2.05) is 0 Å².